The number of rotatable bonds is 3. The summed E-state index contributed by atoms with van der Waals surface area (Å²) in [6.07, 6.45) is 1.79. The van der Waals surface area contributed by atoms with Crippen LogP contribution >= 0.6 is 0 Å². The molecule has 3 nitrogen and oxygen atoms in total. The summed E-state index contributed by atoms with van der Waals surface area (Å²) < 4.78 is 0. The lowest BCUT2D eigenvalue weighted by Crippen LogP contribution is -2.01. The van der Waals surface area contributed by atoms with Crippen molar-refractivity contribution in [3.8, 4) is 0 Å². The van der Waals surface area contributed by atoms with Crippen LogP contribution in [-0.4, -0.2) is 12.0 Å². The molecule has 0 heterocycles. The molecule has 66 valence electrons. The number of nitrogens with one attached hydrogen (secondary N) is 1. The molecule has 0 aromatic heterocycles. The summed E-state index contributed by atoms with van der Waals surface area (Å²) in [7, 11) is 0. The van der Waals surface area contributed by atoms with Gasteiger partial charge in [-0.25, -0.2) is 0 Å². The van der Waals surface area contributed by atoms with E-state index >= 15 is 0 Å². The Labute approximate surface area is 76.4 Å². The van der Waals surface area contributed by atoms with Crippen molar-refractivity contribution in [2.45, 2.75) is 0 Å². The summed E-state index contributed by atoms with van der Waals surface area (Å²) >= 11 is 0. The van der Waals surface area contributed by atoms with Crippen LogP contribution in [0, 0.1) is 5.41 Å². The number of allylic oxidation sites excluding steroid dienone is 1. The van der Waals surface area contributed by atoms with Gasteiger partial charge in [-0.1, -0.05) is 30.3 Å². The van der Waals surface area contributed by atoms with Crippen molar-refractivity contribution in [2.75, 3.05) is 0 Å². The molecule has 0 aliphatic rings. The standard InChI is InChI=1S/C10H10N2O/c11-9(7-13)6-10(12)8-4-2-1-3-5-8/h1-7,11H,12H2. The number of hydrogen-bond acceptors (Lipinski definition) is 3. The lowest BCUT2D eigenvalue weighted by Gasteiger charge is -1.99. The Balaban J connectivity index is 2.91. The van der Waals surface area contributed by atoms with Gasteiger partial charge in [-0.3, -0.25) is 10.2 Å². The van der Waals surface area contributed by atoms with Crippen LogP contribution in [0.2, 0.25) is 0 Å². The van der Waals surface area contributed by atoms with Gasteiger partial charge in [-0.15, -0.1) is 0 Å². The quantitative estimate of drug-likeness (QED) is 0.534. The van der Waals surface area contributed by atoms with Gasteiger partial charge in [-0.2, -0.15) is 0 Å². The van der Waals surface area contributed by atoms with Crippen molar-refractivity contribution < 1.29 is 4.79 Å². The highest BCUT2D eigenvalue weighted by molar-refractivity contribution is 6.33. The Morgan fingerprint density at radius 1 is 1.31 bits per heavy atom. The average molecular weight is 174 g/mol. The first kappa shape index (κ1) is 9.19. The van der Waals surface area contributed by atoms with Crippen LogP contribution in [0.3, 0.4) is 0 Å². The smallest absolute Gasteiger partial charge is 0.167 e. The van der Waals surface area contributed by atoms with Crippen molar-refractivity contribution in [1.82, 2.24) is 0 Å². The second-order valence-electron chi connectivity index (χ2n) is 2.54. The average Bonchev–Trinajstić information content (AvgIpc) is 2.19. The molecule has 0 fully saturated rings. The molecule has 0 atom stereocenters. The number of nitrogens with two attached hydrogens (primary N) is 1. The van der Waals surface area contributed by atoms with Gasteiger partial charge in [0.2, 0.25) is 0 Å². The minimum atomic E-state index is -0.124. The van der Waals surface area contributed by atoms with Gasteiger partial charge in [0.1, 0.15) is 0 Å². The first-order valence-corrected chi connectivity index (χ1v) is 3.80. The molecule has 0 aliphatic carbocycles. The van der Waals surface area contributed by atoms with E-state index in [-0.39, 0.29) is 5.71 Å². The summed E-state index contributed by atoms with van der Waals surface area (Å²) in [4.78, 5) is 10.1. The minimum absolute atomic E-state index is 0.124. The molecular formula is C10H10N2O. The molecule has 0 spiro atoms. The van der Waals surface area contributed by atoms with E-state index in [0.717, 1.165) is 5.56 Å². The molecule has 1 aromatic rings. The maximum atomic E-state index is 10.1. The molecule has 0 amide bonds. The predicted molar refractivity (Wildman–Crippen MR) is 52.4 cm³/mol. The topological polar surface area (TPSA) is 66.9 Å². The van der Waals surface area contributed by atoms with Gasteiger partial charge >= 0.3 is 0 Å². The predicted octanol–water partition coefficient (Wildman–Crippen LogP) is 1.20. The zero-order chi connectivity index (χ0) is 9.68. The van der Waals surface area contributed by atoms with E-state index in [0.29, 0.717) is 12.0 Å². The second kappa shape index (κ2) is 4.21. The van der Waals surface area contributed by atoms with Gasteiger partial charge < -0.3 is 5.73 Å². The molecule has 0 bridgehead atoms. The van der Waals surface area contributed by atoms with Crippen LogP contribution in [0.25, 0.3) is 5.70 Å². The number of hydrogen-bond donors (Lipinski definition) is 2. The molecule has 0 radical (unpaired) electrons. The molecule has 3 N–H and O–H groups in total. The molecule has 1 rings (SSSR count). The van der Waals surface area contributed by atoms with Crippen LogP contribution in [0.1, 0.15) is 5.56 Å². The van der Waals surface area contributed by atoms with Gasteiger partial charge in [0.15, 0.2) is 6.29 Å². The highest BCUT2D eigenvalue weighted by atomic mass is 16.1. The van der Waals surface area contributed by atoms with Gasteiger partial charge in [0.25, 0.3) is 0 Å². The van der Waals surface area contributed by atoms with Gasteiger partial charge in [0.05, 0.1) is 5.71 Å². The molecule has 13 heavy (non-hydrogen) atoms. The zero-order valence-electron chi connectivity index (χ0n) is 7.03. The zero-order valence-corrected chi connectivity index (χ0v) is 7.03. The number of benzene rings is 1. The highest BCUT2D eigenvalue weighted by Gasteiger charge is 1.95. The van der Waals surface area contributed by atoms with Crippen molar-refractivity contribution in [1.29, 1.82) is 5.41 Å². The maximum Gasteiger partial charge on any atom is 0.167 e. The Morgan fingerprint density at radius 3 is 2.46 bits per heavy atom. The molecule has 3 heteroatoms. The van der Waals surface area contributed by atoms with Gasteiger partial charge in [-0.05, 0) is 11.6 Å². The van der Waals surface area contributed by atoms with E-state index in [2.05, 4.69) is 0 Å². The van der Waals surface area contributed by atoms with E-state index in [1.165, 1.54) is 6.08 Å². The Kier molecular flexibility index (Phi) is 2.97. The van der Waals surface area contributed by atoms with Crippen molar-refractivity contribution in [3.63, 3.8) is 0 Å². The Bertz CT molecular complexity index is 341. The largest absolute Gasteiger partial charge is 0.398 e. The second-order valence-corrected chi connectivity index (χ2v) is 2.54. The van der Waals surface area contributed by atoms with Crippen LogP contribution in [0.5, 0.6) is 0 Å². The van der Waals surface area contributed by atoms with Crippen LogP contribution in [0.4, 0.5) is 0 Å². The van der Waals surface area contributed by atoms with Crippen molar-refractivity contribution in [2.24, 2.45) is 5.73 Å². The first-order valence-electron chi connectivity index (χ1n) is 3.80. The fourth-order valence-electron chi connectivity index (χ4n) is 0.915. The van der Waals surface area contributed by atoms with Crippen LogP contribution in [0.15, 0.2) is 36.4 Å². The van der Waals surface area contributed by atoms with Gasteiger partial charge in [0, 0.05) is 5.70 Å². The molecule has 0 aliphatic heterocycles. The lowest BCUT2D eigenvalue weighted by molar-refractivity contribution is -0.102. The highest BCUT2D eigenvalue weighted by Crippen LogP contribution is 2.06. The minimum Gasteiger partial charge on any atom is -0.398 e. The lowest BCUT2D eigenvalue weighted by atomic mass is 10.1. The Hall–Kier alpha value is -1.90. The van der Waals surface area contributed by atoms with E-state index in [4.69, 9.17) is 11.1 Å². The Morgan fingerprint density at radius 2 is 1.92 bits per heavy atom. The summed E-state index contributed by atoms with van der Waals surface area (Å²) in [5.41, 5.74) is 6.75. The van der Waals surface area contributed by atoms with Crippen molar-refractivity contribution >= 4 is 17.7 Å². The van der Waals surface area contributed by atoms with Crippen LogP contribution in [-0.2, 0) is 4.79 Å². The van der Waals surface area contributed by atoms with E-state index in [9.17, 15) is 4.79 Å². The third-order valence-corrected chi connectivity index (χ3v) is 1.55. The summed E-state index contributed by atoms with van der Waals surface area (Å²) in [6, 6.07) is 9.22. The van der Waals surface area contributed by atoms with Crippen molar-refractivity contribution in [3.05, 3.63) is 42.0 Å². The number of carbonyl (C=O) groups excluding carboxylic acids is 1. The molecule has 0 saturated heterocycles. The normalized spacial score (nSPS) is 10.9. The number of carbonyl (C=O) groups is 1. The third kappa shape index (κ3) is 2.56. The molecule has 1 aromatic carbocycles. The summed E-state index contributed by atoms with van der Waals surface area (Å²) in [6.45, 7) is 0. The third-order valence-electron chi connectivity index (χ3n) is 1.55. The van der Waals surface area contributed by atoms with E-state index in [1.54, 1.807) is 0 Å². The molecular weight excluding hydrogens is 164 g/mol. The van der Waals surface area contributed by atoms with E-state index in [1.807, 2.05) is 30.3 Å². The van der Waals surface area contributed by atoms with Crippen LogP contribution < -0.4 is 5.73 Å². The first-order chi connectivity index (χ1) is 6.24. The monoisotopic (exact) mass is 174 g/mol. The summed E-state index contributed by atoms with van der Waals surface area (Å²) in [5.74, 6) is 0. The summed E-state index contributed by atoms with van der Waals surface area (Å²) in [5, 5.41) is 7.09. The van der Waals surface area contributed by atoms with E-state index < -0.39 is 0 Å². The fourth-order valence-corrected chi connectivity index (χ4v) is 0.915. The number of aldehydes is 1. The fraction of sp³-hybridized carbons (Fsp3) is 0. The SMILES string of the molecule is N=C(C=O)C=C(N)c1ccccc1. The maximum absolute atomic E-state index is 10.1. The molecule has 0 unspecified atom stereocenters. The molecule has 0 saturated carbocycles.